The highest BCUT2D eigenvalue weighted by atomic mass is 35.5. The van der Waals surface area contributed by atoms with E-state index in [1.165, 1.54) is 6.92 Å². The van der Waals surface area contributed by atoms with Gasteiger partial charge in [0, 0.05) is 0 Å². The summed E-state index contributed by atoms with van der Waals surface area (Å²) < 4.78 is 84.0. The molecule has 0 fully saturated rings. The Bertz CT molecular complexity index is 626. The lowest BCUT2D eigenvalue weighted by Crippen LogP contribution is -2.44. The summed E-state index contributed by atoms with van der Waals surface area (Å²) in [7, 11) is 0. The van der Waals surface area contributed by atoms with Crippen LogP contribution in [0.2, 0.25) is 5.02 Å². The van der Waals surface area contributed by atoms with Crippen LogP contribution >= 0.6 is 11.6 Å². The molecular formula is C13H9ClF6O4. The first-order valence-electron chi connectivity index (χ1n) is 6.19. The number of Topliss-reactive ketones (excluding diaryl/α,β-unsaturated/α-hetero) is 1. The lowest BCUT2D eigenvalue weighted by Gasteiger charge is -2.18. The lowest BCUT2D eigenvalue weighted by molar-refractivity contribution is -0.184. The molecule has 24 heavy (non-hydrogen) atoms. The molecule has 0 heterocycles. The first-order chi connectivity index (χ1) is 10.9. The fourth-order valence-electron chi connectivity index (χ4n) is 1.51. The number of ether oxygens (including phenoxy) is 2. The smallest absolute Gasteiger partial charge is 0.454 e. The van der Waals surface area contributed by atoms with Crippen LogP contribution < -0.4 is 4.74 Å². The number of carbonyl (C=O) groups is 2. The maximum absolute atomic E-state index is 12.6. The largest absolute Gasteiger partial charge is 0.470 e. The molecule has 1 atom stereocenters. The molecule has 134 valence electrons. The Balaban J connectivity index is 3.13. The summed E-state index contributed by atoms with van der Waals surface area (Å²) in [4.78, 5) is 22.7. The third-order valence-corrected chi connectivity index (χ3v) is 2.83. The van der Waals surface area contributed by atoms with E-state index in [-0.39, 0.29) is 6.61 Å². The zero-order valence-electron chi connectivity index (χ0n) is 11.8. The Morgan fingerprint density at radius 3 is 2.17 bits per heavy atom. The summed E-state index contributed by atoms with van der Waals surface area (Å²) in [5, 5.41) is -0.873. The van der Waals surface area contributed by atoms with Gasteiger partial charge in [0.1, 0.15) is 5.75 Å². The van der Waals surface area contributed by atoms with Crippen molar-refractivity contribution in [2.24, 2.45) is 0 Å². The molecule has 0 N–H and O–H groups in total. The van der Waals surface area contributed by atoms with E-state index in [1.807, 2.05) is 0 Å². The number of hydrogen-bond donors (Lipinski definition) is 0. The van der Waals surface area contributed by atoms with E-state index in [0.29, 0.717) is 18.2 Å². The third-order valence-electron chi connectivity index (χ3n) is 2.52. The first kappa shape index (κ1) is 20.1. The molecule has 0 spiro atoms. The molecule has 0 aromatic heterocycles. The summed E-state index contributed by atoms with van der Waals surface area (Å²) in [6, 6.07) is 1.61. The topological polar surface area (TPSA) is 52.6 Å². The van der Waals surface area contributed by atoms with E-state index >= 15 is 0 Å². The average Bonchev–Trinajstić information content (AvgIpc) is 2.41. The van der Waals surface area contributed by atoms with Crippen LogP contribution in [0.3, 0.4) is 0 Å². The van der Waals surface area contributed by atoms with Crippen LogP contribution in [0.1, 0.15) is 12.5 Å². The molecular weight excluding hydrogens is 370 g/mol. The van der Waals surface area contributed by atoms with E-state index in [2.05, 4.69) is 9.47 Å². The molecule has 0 bridgehead atoms. The minimum absolute atomic E-state index is 0.336. The van der Waals surface area contributed by atoms with Gasteiger partial charge in [0.25, 0.3) is 11.9 Å². The van der Waals surface area contributed by atoms with Crippen molar-refractivity contribution in [2.75, 3.05) is 6.61 Å². The van der Waals surface area contributed by atoms with Crippen molar-refractivity contribution >= 4 is 23.4 Å². The molecule has 0 amide bonds. The van der Waals surface area contributed by atoms with Crippen molar-refractivity contribution in [1.82, 2.24) is 0 Å². The molecule has 1 aromatic rings. The zero-order chi connectivity index (χ0) is 18.7. The van der Waals surface area contributed by atoms with Crippen molar-refractivity contribution in [1.29, 1.82) is 0 Å². The Labute approximate surface area is 136 Å². The highest BCUT2D eigenvalue weighted by Crippen LogP contribution is 2.36. The third kappa shape index (κ3) is 5.02. The molecule has 11 heteroatoms. The normalized spacial score (nSPS) is 13.3. The van der Waals surface area contributed by atoms with E-state index < -0.39 is 46.5 Å². The highest BCUT2D eigenvalue weighted by molar-refractivity contribution is 6.31. The van der Waals surface area contributed by atoms with Crippen LogP contribution in [-0.2, 0) is 20.5 Å². The predicted octanol–water partition coefficient (Wildman–Crippen LogP) is 3.80. The van der Waals surface area contributed by atoms with Gasteiger partial charge < -0.3 is 9.47 Å². The van der Waals surface area contributed by atoms with Crippen molar-refractivity contribution in [2.45, 2.75) is 25.4 Å². The fraction of sp³-hybridized carbons (Fsp3) is 0.385. The molecule has 1 rings (SSSR count). The van der Waals surface area contributed by atoms with Crippen LogP contribution in [0.25, 0.3) is 0 Å². The summed E-state index contributed by atoms with van der Waals surface area (Å²) >= 11 is 5.38. The Kier molecular flexibility index (Phi) is 6.09. The highest BCUT2D eigenvalue weighted by Gasteiger charge is 2.49. The van der Waals surface area contributed by atoms with Crippen LogP contribution in [-0.4, -0.2) is 30.6 Å². The molecule has 0 aliphatic heterocycles. The summed E-state index contributed by atoms with van der Waals surface area (Å²) in [6.07, 6.45) is -12.9. The van der Waals surface area contributed by atoms with Crippen molar-refractivity contribution in [3.63, 3.8) is 0 Å². The Hall–Kier alpha value is -1.97. The number of hydrogen-bond acceptors (Lipinski definition) is 4. The molecule has 1 unspecified atom stereocenters. The van der Waals surface area contributed by atoms with Gasteiger partial charge in [0.2, 0.25) is 0 Å². The quantitative estimate of drug-likeness (QED) is 0.444. The summed E-state index contributed by atoms with van der Waals surface area (Å²) in [6.45, 7) is 0.944. The molecule has 1 aromatic carbocycles. The minimum Gasteiger partial charge on any atom is -0.470 e. The van der Waals surface area contributed by atoms with Crippen molar-refractivity contribution in [3.8, 4) is 5.75 Å². The zero-order valence-corrected chi connectivity index (χ0v) is 12.6. The molecule has 0 aliphatic rings. The average molecular weight is 379 g/mol. The number of carbonyl (C=O) groups excluding carboxylic acids is 2. The number of esters is 1. The SMILES string of the molecule is CCOC(=O)C(Oc1ccc(C(F)(F)F)c(Cl)c1)C(=O)C(F)(F)F. The maximum atomic E-state index is 12.6. The maximum Gasteiger partial charge on any atom is 0.454 e. The summed E-state index contributed by atoms with van der Waals surface area (Å²) in [5.74, 6) is -4.82. The van der Waals surface area contributed by atoms with Crippen LogP contribution in [0.5, 0.6) is 5.75 Å². The fourth-order valence-corrected chi connectivity index (χ4v) is 1.79. The second kappa shape index (κ2) is 7.29. The number of alkyl halides is 6. The van der Waals surface area contributed by atoms with Gasteiger partial charge in [-0.2, -0.15) is 26.3 Å². The molecule has 0 radical (unpaired) electrons. The monoisotopic (exact) mass is 378 g/mol. The number of ketones is 1. The summed E-state index contributed by atoms with van der Waals surface area (Å²) in [5.41, 5.74) is -1.26. The van der Waals surface area contributed by atoms with Gasteiger partial charge in [0.15, 0.2) is 0 Å². The van der Waals surface area contributed by atoms with E-state index in [0.717, 1.165) is 0 Å². The van der Waals surface area contributed by atoms with E-state index in [9.17, 15) is 35.9 Å². The number of rotatable bonds is 5. The number of benzene rings is 1. The van der Waals surface area contributed by atoms with Gasteiger partial charge in [-0.25, -0.2) is 4.79 Å². The standard InChI is InChI=1S/C13H9ClF6O4/c1-2-23-11(22)9(10(21)13(18,19)20)24-6-3-4-7(8(14)5-6)12(15,16)17/h3-5,9H,2H2,1H3. The van der Waals surface area contributed by atoms with Gasteiger partial charge in [-0.3, -0.25) is 4.79 Å². The molecule has 0 saturated heterocycles. The van der Waals surface area contributed by atoms with E-state index in [1.54, 1.807) is 0 Å². The van der Waals surface area contributed by atoms with Crippen molar-refractivity contribution < 1.29 is 45.4 Å². The van der Waals surface area contributed by atoms with Gasteiger partial charge in [-0.15, -0.1) is 0 Å². The van der Waals surface area contributed by atoms with Crippen LogP contribution in [0.15, 0.2) is 18.2 Å². The van der Waals surface area contributed by atoms with Crippen molar-refractivity contribution in [3.05, 3.63) is 28.8 Å². The van der Waals surface area contributed by atoms with Crippen LogP contribution in [0.4, 0.5) is 26.3 Å². The number of halogens is 7. The molecule has 0 saturated carbocycles. The Morgan fingerprint density at radius 2 is 1.75 bits per heavy atom. The predicted molar refractivity (Wildman–Crippen MR) is 68.6 cm³/mol. The Morgan fingerprint density at radius 1 is 1.17 bits per heavy atom. The lowest BCUT2D eigenvalue weighted by atomic mass is 10.2. The second-order valence-corrected chi connectivity index (χ2v) is 4.66. The van der Waals surface area contributed by atoms with Gasteiger partial charge in [0.05, 0.1) is 17.2 Å². The molecule has 0 aliphatic carbocycles. The van der Waals surface area contributed by atoms with Gasteiger partial charge in [-0.1, -0.05) is 11.6 Å². The minimum atomic E-state index is -5.41. The van der Waals surface area contributed by atoms with Gasteiger partial charge in [-0.05, 0) is 25.1 Å². The second-order valence-electron chi connectivity index (χ2n) is 4.25. The van der Waals surface area contributed by atoms with Gasteiger partial charge >= 0.3 is 18.3 Å². The molecule has 4 nitrogen and oxygen atoms in total. The van der Waals surface area contributed by atoms with E-state index in [4.69, 9.17) is 11.6 Å². The first-order valence-corrected chi connectivity index (χ1v) is 6.56. The van der Waals surface area contributed by atoms with Crippen LogP contribution in [0, 0.1) is 0 Å².